The lowest BCUT2D eigenvalue weighted by molar-refractivity contribution is -0.161. The van der Waals surface area contributed by atoms with Crippen LogP contribution in [0.4, 0.5) is 0 Å². The van der Waals surface area contributed by atoms with Crippen LogP contribution in [0.25, 0.3) is 0 Å². The molecule has 0 amide bonds. The molecule has 0 aromatic heterocycles. The van der Waals surface area contributed by atoms with Crippen LogP contribution in [0.2, 0.25) is 0 Å². The van der Waals surface area contributed by atoms with Crippen LogP contribution in [0.5, 0.6) is 0 Å². The third-order valence-corrected chi connectivity index (χ3v) is 4.45. The fraction of sp³-hybridized carbons (Fsp3) is 0.533. The Hall–Kier alpha value is -1.35. The van der Waals surface area contributed by atoms with Crippen LogP contribution >= 0.6 is 0 Å². The summed E-state index contributed by atoms with van der Waals surface area (Å²) in [4.78, 5) is 14.2. The first-order chi connectivity index (χ1) is 8.68. The van der Waals surface area contributed by atoms with Crippen molar-refractivity contribution < 1.29 is 9.53 Å². The molecule has 2 aliphatic heterocycles. The van der Waals surface area contributed by atoms with Crippen LogP contribution in [0, 0.1) is 5.92 Å². The molecule has 2 fully saturated rings. The maximum atomic E-state index is 11.9. The van der Waals surface area contributed by atoms with Gasteiger partial charge in [0.05, 0.1) is 6.04 Å². The first kappa shape index (κ1) is 11.7. The summed E-state index contributed by atoms with van der Waals surface area (Å²) in [6, 6.07) is 11.0. The molecule has 2 saturated heterocycles. The number of ether oxygens (including phenoxy) is 1. The minimum absolute atomic E-state index is 0.0432. The SMILES string of the molecule is C[C@@H]1C[C@H]2C(=O)OC[C@H](c3ccccc3)N2[C@@H]1C. The first-order valence-corrected chi connectivity index (χ1v) is 6.67. The van der Waals surface area contributed by atoms with Crippen molar-refractivity contribution in [1.29, 1.82) is 0 Å². The van der Waals surface area contributed by atoms with Gasteiger partial charge in [0.2, 0.25) is 0 Å². The van der Waals surface area contributed by atoms with Gasteiger partial charge in [-0.1, -0.05) is 37.3 Å². The lowest BCUT2D eigenvalue weighted by Crippen LogP contribution is -2.49. The number of fused-ring (bicyclic) bond motifs is 1. The Bertz CT molecular complexity index is 445. The maximum absolute atomic E-state index is 11.9. The summed E-state index contributed by atoms with van der Waals surface area (Å²) >= 11 is 0. The zero-order valence-electron chi connectivity index (χ0n) is 10.9. The van der Waals surface area contributed by atoms with E-state index in [0.29, 0.717) is 18.6 Å². The van der Waals surface area contributed by atoms with E-state index in [-0.39, 0.29) is 18.1 Å². The molecule has 0 radical (unpaired) electrons. The Morgan fingerprint density at radius 3 is 2.61 bits per heavy atom. The van der Waals surface area contributed by atoms with Crippen LogP contribution in [-0.2, 0) is 9.53 Å². The zero-order valence-corrected chi connectivity index (χ0v) is 10.9. The molecule has 18 heavy (non-hydrogen) atoms. The minimum atomic E-state index is -0.0473. The molecule has 96 valence electrons. The van der Waals surface area contributed by atoms with E-state index < -0.39 is 0 Å². The molecule has 1 aromatic rings. The van der Waals surface area contributed by atoms with Crippen molar-refractivity contribution >= 4 is 5.97 Å². The highest BCUT2D eigenvalue weighted by Gasteiger charge is 2.47. The van der Waals surface area contributed by atoms with Gasteiger partial charge in [-0.25, -0.2) is 0 Å². The Kier molecular flexibility index (Phi) is 2.86. The average Bonchev–Trinajstić information content (AvgIpc) is 2.69. The zero-order chi connectivity index (χ0) is 12.7. The van der Waals surface area contributed by atoms with Gasteiger partial charge in [0.25, 0.3) is 0 Å². The fourth-order valence-corrected chi connectivity index (χ4v) is 3.25. The molecule has 3 nitrogen and oxygen atoms in total. The largest absolute Gasteiger partial charge is 0.462 e. The summed E-state index contributed by atoms with van der Waals surface area (Å²) in [7, 11) is 0. The highest BCUT2D eigenvalue weighted by molar-refractivity contribution is 5.77. The second-order valence-electron chi connectivity index (χ2n) is 5.47. The molecule has 0 unspecified atom stereocenters. The number of esters is 1. The van der Waals surface area contributed by atoms with Gasteiger partial charge in [0.15, 0.2) is 0 Å². The Morgan fingerprint density at radius 1 is 1.17 bits per heavy atom. The summed E-state index contributed by atoms with van der Waals surface area (Å²) in [5, 5.41) is 0. The molecule has 4 atom stereocenters. The number of carbonyl (C=O) groups excluding carboxylic acids is 1. The summed E-state index contributed by atoms with van der Waals surface area (Å²) in [5.41, 5.74) is 1.25. The fourth-order valence-electron chi connectivity index (χ4n) is 3.25. The van der Waals surface area contributed by atoms with E-state index in [9.17, 15) is 4.79 Å². The lowest BCUT2D eigenvalue weighted by Gasteiger charge is -2.39. The second-order valence-corrected chi connectivity index (χ2v) is 5.47. The van der Waals surface area contributed by atoms with Crippen molar-refractivity contribution in [2.45, 2.75) is 38.4 Å². The Labute approximate surface area is 108 Å². The summed E-state index contributed by atoms with van der Waals surface area (Å²) in [6.07, 6.45) is 0.920. The Morgan fingerprint density at radius 2 is 1.89 bits per heavy atom. The summed E-state index contributed by atoms with van der Waals surface area (Å²) < 4.78 is 5.37. The van der Waals surface area contributed by atoms with Gasteiger partial charge < -0.3 is 4.74 Å². The number of hydrogen-bond acceptors (Lipinski definition) is 3. The number of hydrogen-bond donors (Lipinski definition) is 0. The molecule has 1 aromatic carbocycles. The predicted molar refractivity (Wildman–Crippen MR) is 69.0 cm³/mol. The van der Waals surface area contributed by atoms with Crippen molar-refractivity contribution in [2.24, 2.45) is 5.92 Å². The third-order valence-electron chi connectivity index (χ3n) is 4.45. The molecule has 0 N–H and O–H groups in total. The van der Waals surface area contributed by atoms with Crippen LogP contribution in [0.15, 0.2) is 30.3 Å². The molecule has 3 heteroatoms. The molecule has 2 heterocycles. The van der Waals surface area contributed by atoms with Crippen molar-refractivity contribution in [1.82, 2.24) is 4.90 Å². The lowest BCUT2D eigenvalue weighted by atomic mass is 10.0. The summed E-state index contributed by atoms with van der Waals surface area (Å²) in [6.45, 7) is 4.92. The van der Waals surface area contributed by atoms with E-state index in [4.69, 9.17) is 4.74 Å². The normalized spacial score (nSPS) is 36.2. The Balaban J connectivity index is 1.94. The van der Waals surface area contributed by atoms with Gasteiger partial charge in [-0.2, -0.15) is 0 Å². The second kappa shape index (κ2) is 4.39. The molecule has 0 bridgehead atoms. The topological polar surface area (TPSA) is 29.5 Å². The van der Waals surface area contributed by atoms with Gasteiger partial charge in [0, 0.05) is 6.04 Å². The number of benzene rings is 1. The van der Waals surface area contributed by atoms with Gasteiger partial charge in [-0.3, -0.25) is 9.69 Å². The van der Waals surface area contributed by atoms with E-state index in [0.717, 1.165) is 6.42 Å². The maximum Gasteiger partial charge on any atom is 0.323 e. The van der Waals surface area contributed by atoms with Gasteiger partial charge in [0.1, 0.15) is 12.6 Å². The molecular formula is C15H19NO2. The van der Waals surface area contributed by atoms with Gasteiger partial charge in [-0.05, 0) is 24.8 Å². The number of cyclic esters (lactones) is 1. The highest BCUT2D eigenvalue weighted by Crippen LogP contribution is 2.40. The van der Waals surface area contributed by atoms with Crippen LogP contribution in [0.3, 0.4) is 0 Å². The number of nitrogens with zero attached hydrogens (tertiary/aromatic N) is 1. The van der Waals surface area contributed by atoms with Crippen molar-refractivity contribution in [2.75, 3.05) is 6.61 Å². The van der Waals surface area contributed by atoms with E-state index >= 15 is 0 Å². The molecule has 0 aliphatic carbocycles. The molecule has 2 aliphatic rings. The van der Waals surface area contributed by atoms with Crippen LogP contribution in [0.1, 0.15) is 31.9 Å². The van der Waals surface area contributed by atoms with Crippen LogP contribution in [-0.4, -0.2) is 29.6 Å². The van der Waals surface area contributed by atoms with Gasteiger partial charge in [-0.15, -0.1) is 0 Å². The van der Waals surface area contributed by atoms with Crippen molar-refractivity contribution in [3.63, 3.8) is 0 Å². The van der Waals surface area contributed by atoms with Gasteiger partial charge >= 0.3 is 5.97 Å². The van der Waals surface area contributed by atoms with Crippen molar-refractivity contribution in [3.8, 4) is 0 Å². The van der Waals surface area contributed by atoms with E-state index in [1.54, 1.807) is 0 Å². The monoisotopic (exact) mass is 245 g/mol. The van der Waals surface area contributed by atoms with Crippen molar-refractivity contribution in [3.05, 3.63) is 35.9 Å². The smallest absolute Gasteiger partial charge is 0.323 e. The minimum Gasteiger partial charge on any atom is -0.462 e. The first-order valence-electron chi connectivity index (χ1n) is 6.67. The van der Waals surface area contributed by atoms with E-state index in [1.165, 1.54) is 5.56 Å². The standard InChI is InChI=1S/C15H19NO2/c1-10-8-13-15(17)18-9-14(16(13)11(10)2)12-6-4-3-5-7-12/h3-7,10-11,13-14H,8-9H2,1-2H3/t10-,11-,13+,14-/m1/s1. The quantitative estimate of drug-likeness (QED) is 0.711. The number of morpholine rings is 1. The number of rotatable bonds is 1. The molecule has 0 spiro atoms. The third kappa shape index (κ3) is 1.74. The van der Waals surface area contributed by atoms with E-state index in [1.807, 2.05) is 18.2 Å². The van der Waals surface area contributed by atoms with E-state index in [2.05, 4.69) is 30.9 Å². The predicted octanol–water partition coefficient (Wildman–Crippen LogP) is 2.38. The molecule has 0 saturated carbocycles. The molecule has 3 rings (SSSR count). The molecular weight excluding hydrogens is 226 g/mol. The summed E-state index contributed by atoms with van der Waals surface area (Å²) in [5.74, 6) is 0.505. The highest BCUT2D eigenvalue weighted by atomic mass is 16.5. The van der Waals surface area contributed by atoms with Crippen LogP contribution < -0.4 is 0 Å². The average molecular weight is 245 g/mol. The number of carbonyl (C=O) groups is 1.